The summed E-state index contributed by atoms with van der Waals surface area (Å²) in [6.45, 7) is 2.77. The van der Waals surface area contributed by atoms with E-state index in [1.807, 2.05) is 6.92 Å². The number of rotatable bonds is 7. The van der Waals surface area contributed by atoms with E-state index in [9.17, 15) is 9.90 Å². The minimum atomic E-state index is -0.580. The van der Waals surface area contributed by atoms with Gasteiger partial charge in [0.15, 0.2) is 0 Å². The zero-order chi connectivity index (χ0) is 18.5. The molecule has 1 unspecified atom stereocenters. The van der Waals surface area contributed by atoms with Gasteiger partial charge in [0.2, 0.25) is 5.95 Å². The Kier molecular flexibility index (Phi) is 6.26. The van der Waals surface area contributed by atoms with Gasteiger partial charge in [0.05, 0.1) is 23.8 Å². The van der Waals surface area contributed by atoms with Crippen molar-refractivity contribution in [2.45, 2.75) is 76.2 Å². The third kappa shape index (κ3) is 4.62. The van der Waals surface area contributed by atoms with E-state index in [0.29, 0.717) is 17.9 Å². The second-order valence-corrected chi connectivity index (χ2v) is 7.14. The lowest BCUT2D eigenvalue weighted by atomic mass is 9.93. The highest BCUT2D eigenvalue weighted by Crippen LogP contribution is 2.26. The van der Waals surface area contributed by atoms with Crippen LogP contribution in [0.15, 0.2) is 6.20 Å². The van der Waals surface area contributed by atoms with E-state index in [0.717, 1.165) is 51.6 Å². The molecule has 2 aliphatic rings. The van der Waals surface area contributed by atoms with E-state index in [1.165, 1.54) is 6.20 Å². The molecule has 1 amide bonds. The van der Waals surface area contributed by atoms with Gasteiger partial charge in [0.25, 0.3) is 5.91 Å². The summed E-state index contributed by atoms with van der Waals surface area (Å²) in [6.07, 6.45) is 7.93. The largest absolute Gasteiger partial charge is 0.391 e. The first kappa shape index (κ1) is 18.8. The molecule has 1 heterocycles. The number of anilines is 2. The third-order valence-corrected chi connectivity index (χ3v) is 5.27. The molecule has 144 valence electrons. The van der Waals surface area contributed by atoms with E-state index >= 15 is 0 Å². The molecule has 0 saturated heterocycles. The van der Waals surface area contributed by atoms with Crippen molar-refractivity contribution in [2.24, 2.45) is 5.73 Å². The smallest absolute Gasteiger partial charge is 0.254 e. The number of nitrogens with zero attached hydrogens (tertiary/aromatic N) is 2. The molecular formula is C18H29N5O3. The fourth-order valence-electron chi connectivity index (χ4n) is 3.82. The Bertz CT molecular complexity index is 619. The van der Waals surface area contributed by atoms with Crippen molar-refractivity contribution in [3.63, 3.8) is 0 Å². The van der Waals surface area contributed by atoms with Gasteiger partial charge in [-0.05, 0) is 51.9 Å². The predicted octanol–water partition coefficient (Wildman–Crippen LogP) is 1.66. The molecule has 0 aliphatic heterocycles. The third-order valence-electron chi connectivity index (χ3n) is 5.27. The second-order valence-electron chi connectivity index (χ2n) is 7.14. The van der Waals surface area contributed by atoms with Crippen LogP contribution in [-0.2, 0) is 4.74 Å². The Labute approximate surface area is 153 Å². The van der Waals surface area contributed by atoms with Crippen molar-refractivity contribution < 1.29 is 14.6 Å². The van der Waals surface area contributed by atoms with E-state index < -0.39 is 12.0 Å². The first-order chi connectivity index (χ1) is 12.6. The number of ether oxygens (including phenoxy) is 1. The summed E-state index contributed by atoms with van der Waals surface area (Å²) in [7, 11) is 0. The summed E-state index contributed by atoms with van der Waals surface area (Å²) in [5.41, 5.74) is 5.69. The molecule has 2 aliphatic carbocycles. The molecule has 1 aromatic rings. The Morgan fingerprint density at radius 3 is 2.65 bits per heavy atom. The van der Waals surface area contributed by atoms with Crippen LogP contribution in [0.3, 0.4) is 0 Å². The number of aliphatic hydroxyl groups excluding tert-OH is 1. The lowest BCUT2D eigenvalue weighted by Gasteiger charge is -2.29. The predicted molar refractivity (Wildman–Crippen MR) is 99.1 cm³/mol. The monoisotopic (exact) mass is 363 g/mol. The average Bonchev–Trinajstić information content (AvgIpc) is 3.02. The number of hydrogen-bond donors (Lipinski definition) is 4. The number of aromatic nitrogens is 2. The van der Waals surface area contributed by atoms with Gasteiger partial charge in [-0.3, -0.25) is 4.79 Å². The normalized spacial score (nSPS) is 28.7. The standard InChI is InChI=1S/C18H29N5O3/c1-2-26-12-8-6-11(7-9-12)21-18-20-10-13(16(19)25)17(23-18)22-14-4-3-5-15(14)24/h10-12,14-15,24H,2-9H2,1H3,(H2,19,25)(H2,20,21,22,23)/t11?,12?,14?,15-/m1/s1. The number of carbonyl (C=O) groups excluding carboxylic acids is 1. The van der Waals surface area contributed by atoms with Gasteiger partial charge in [-0.15, -0.1) is 0 Å². The number of aliphatic hydroxyl groups is 1. The molecule has 2 atom stereocenters. The Morgan fingerprint density at radius 1 is 1.27 bits per heavy atom. The van der Waals surface area contributed by atoms with Crippen molar-refractivity contribution >= 4 is 17.7 Å². The average molecular weight is 363 g/mol. The van der Waals surface area contributed by atoms with Gasteiger partial charge < -0.3 is 26.2 Å². The maximum Gasteiger partial charge on any atom is 0.254 e. The van der Waals surface area contributed by atoms with Gasteiger partial charge in [-0.1, -0.05) is 0 Å². The van der Waals surface area contributed by atoms with Crippen molar-refractivity contribution in [1.82, 2.24) is 9.97 Å². The van der Waals surface area contributed by atoms with Crippen LogP contribution in [0.5, 0.6) is 0 Å². The number of nitrogens with one attached hydrogen (secondary N) is 2. The van der Waals surface area contributed by atoms with E-state index in [-0.39, 0.29) is 17.6 Å². The van der Waals surface area contributed by atoms with E-state index in [4.69, 9.17) is 10.5 Å². The minimum absolute atomic E-state index is 0.113. The summed E-state index contributed by atoms with van der Waals surface area (Å²) in [5.74, 6) is 0.289. The van der Waals surface area contributed by atoms with Gasteiger partial charge in [-0.2, -0.15) is 4.98 Å². The molecular weight excluding hydrogens is 334 g/mol. The second kappa shape index (κ2) is 8.64. The lowest BCUT2D eigenvalue weighted by molar-refractivity contribution is 0.0346. The van der Waals surface area contributed by atoms with Crippen LogP contribution in [0, 0.1) is 0 Å². The van der Waals surface area contributed by atoms with Crippen LogP contribution in [-0.4, -0.2) is 51.9 Å². The maximum atomic E-state index is 11.7. The van der Waals surface area contributed by atoms with E-state index in [2.05, 4.69) is 20.6 Å². The van der Waals surface area contributed by atoms with Crippen molar-refractivity contribution in [1.29, 1.82) is 0 Å². The fraction of sp³-hybridized carbons (Fsp3) is 0.722. The summed E-state index contributed by atoms with van der Waals surface area (Å²) in [5, 5.41) is 16.6. The molecule has 8 heteroatoms. The van der Waals surface area contributed by atoms with Gasteiger partial charge >= 0.3 is 0 Å². The van der Waals surface area contributed by atoms with Crippen LogP contribution in [0.2, 0.25) is 0 Å². The van der Waals surface area contributed by atoms with Crippen molar-refractivity contribution in [2.75, 3.05) is 17.2 Å². The van der Waals surface area contributed by atoms with Crippen LogP contribution in [0.25, 0.3) is 0 Å². The molecule has 1 aromatic heterocycles. The molecule has 0 bridgehead atoms. The van der Waals surface area contributed by atoms with E-state index in [1.54, 1.807) is 0 Å². The Hall–Kier alpha value is -1.93. The van der Waals surface area contributed by atoms with Crippen LogP contribution < -0.4 is 16.4 Å². The number of nitrogens with two attached hydrogens (primary N) is 1. The van der Waals surface area contributed by atoms with Crippen molar-refractivity contribution in [3.8, 4) is 0 Å². The molecule has 8 nitrogen and oxygen atoms in total. The van der Waals surface area contributed by atoms with Crippen molar-refractivity contribution in [3.05, 3.63) is 11.8 Å². The Morgan fingerprint density at radius 2 is 2.04 bits per heavy atom. The number of hydrogen-bond acceptors (Lipinski definition) is 7. The summed E-state index contributed by atoms with van der Waals surface area (Å²) >= 11 is 0. The highest BCUT2D eigenvalue weighted by Gasteiger charge is 2.27. The number of amides is 1. The zero-order valence-corrected chi connectivity index (χ0v) is 15.3. The van der Waals surface area contributed by atoms with Crippen LogP contribution >= 0.6 is 0 Å². The van der Waals surface area contributed by atoms with Crippen LogP contribution in [0.4, 0.5) is 11.8 Å². The topological polar surface area (TPSA) is 122 Å². The summed E-state index contributed by atoms with van der Waals surface area (Å²) < 4.78 is 5.68. The lowest BCUT2D eigenvalue weighted by Crippen LogP contribution is -2.32. The maximum absolute atomic E-state index is 11.7. The molecule has 5 N–H and O–H groups in total. The molecule has 3 rings (SSSR count). The van der Waals surface area contributed by atoms with Crippen LogP contribution in [0.1, 0.15) is 62.2 Å². The molecule has 2 fully saturated rings. The molecule has 0 radical (unpaired) electrons. The summed E-state index contributed by atoms with van der Waals surface area (Å²) in [6, 6.07) is 0.175. The van der Waals surface area contributed by atoms with Gasteiger partial charge in [-0.25, -0.2) is 4.98 Å². The van der Waals surface area contributed by atoms with Gasteiger partial charge in [0.1, 0.15) is 5.82 Å². The fourth-order valence-corrected chi connectivity index (χ4v) is 3.82. The summed E-state index contributed by atoms with van der Waals surface area (Å²) in [4.78, 5) is 20.4. The molecule has 2 saturated carbocycles. The molecule has 26 heavy (non-hydrogen) atoms. The Balaban J connectivity index is 1.66. The van der Waals surface area contributed by atoms with Gasteiger partial charge in [0, 0.05) is 18.8 Å². The zero-order valence-electron chi connectivity index (χ0n) is 15.3. The molecule has 0 aromatic carbocycles. The highest BCUT2D eigenvalue weighted by atomic mass is 16.5. The molecule has 0 spiro atoms. The quantitative estimate of drug-likeness (QED) is 0.581. The number of primary amides is 1. The first-order valence-electron chi connectivity index (χ1n) is 9.56. The minimum Gasteiger partial charge on any atom is -0.391 e. The highest BCUT2D eigenvalue weighted by molar-refractivity contribution is 5.97. The SMILES string of the molecule is CCOC1CCC(Nc2ncc(C(N)=O)c(NC3CCC[C@H]3O)n2)CC1. The first-order valence-corrected chi connectivity index (χ1v) is 9.56. The number of carbonyl (C=O) groups is 1.